The van der Waals surface area contributed by atoms with E-state index in [0.29, 0.717) is 10.7 Å². The largest absolute Gasteiger partial charge is 0.472 e. The fraction of sp³-hybridized carbons (Fsp3) is 0.231. The van der Waals surface area contributed by atoms with Crippen molar-refractivity contribution in [2.45, 2.75) is 13.1 Å². The molecule has 3 nitrogen and oxygen atoms in total. The van der Waals surface area contributed by atoms with Gasteiger partial charge in [0.05, 0.1) is 12.5 Å². The smallest absolute Gasteiger partial charge is 0.0947 e. The fourth-order valence-corrected chi connectivity index (χ4v) is 1.98. The zero-order chi connectivity index (χ0) is 12.3. The van der Waals surface area contributed by atoms with Gasteiger partial charge in [-0.15, -0.1) is 0 Å². The Morgan fingerprint density at radius 3 is 2.76 bits per heavy atom. The van der Waals surface area contributed by atoms with Gasteiger partial charge in [0, 0.05) is 29.4 Å². The predicted octanol–water partition coefficient (Wildman–Crippen LogP) is 3.15. The van der Waals surface area contributed by atoms with Gasteiger partial charge < -0.3 is 10.2 Å². The van der Waals surface area contributed by atoms with Gasteiger partial charge in [-0.2, -0.15) is 0 Å². The summed E-state index contributed by atoms with van der Waals surface area (Å²) in [5, 5.41) is 0.712. The molecule has 0 saturated heterocycles. The van der Waals surface area contributed by atoms with Crippen LogP contribution in [0, 0.1) is 0 Å². The lowest BCUT2D eigenvalue weighted by atomic mass is 10.2. The number of nitrogens with two attached hydrogens (primary N) is 1. The van der Waals surface area contributed by atoms with Crippen LogP contribution in [0.25, 0.3) is 0 Å². The summed E-state index contributed by atoms with van der Waals surface area (Å²) >= 11 is 6.13. The summed E-state index contributed by atoms with van der Waals surface area (Å²) in [5.41, 5.74) is 8.58. The number of anilines is 1. The highest BCUT2D eigenvalue weighted by Gasteiger charge is 2.06. The van der Waals surface area contributed by atoms with Gasteiger partial charge in [-0.05, 0) is 30.8 Å². The van der Waals surface area contributed by atoms with Crippen molar-refractivity contribution in [2.75, 3.05) is 12.8 Å². The quantitative estimate of drug-likeness (QED) is 0.848. The molecule has 2 aromatic rings. The minimum atomic E-state index is 0.691. The number of hydrogen-bond acceptors (Lipinski definition) is 3. The molecule has 1 heterocycles. The highest BCUT2D eigenvalue weighted by atomic mass is 35.5. The molecule has 0 saturated carbocycles. The Morgan fingerprint density at radius 1 is 1.29 bits per heavy atom. The zero-order valence-corrected chi connectivity index (χ0v) is 10.4. The molecule has 1 aromatic heterocycles. The maximum atomic E-state index is 6.13. The second-order valence-corrected chi connectivity index (χ2v) is 4.56. The first-order valence-corrected chi connectivity index (χ1v) is 5.76. The Balaban J connectivity index is 2.00. The van der Waals surface area contributed by atoms with E-state index < -0.39 is 0 Å². The van der Waals surface area contributed by atoms with Crippen molar-refractivity contribution in [3.63, 3.8) is 0 Å². The Morgan fingerprint density at radius 2 is 2.12 bits per heavy atom. The van der Waals surface area contributed by atoms with Crippen LogP contribution in [-0.2, 0) is 13.1 Å². The van der Waals surface area contributed by atoms with E-state index in [4.69, 9.17) is 21.8 Å². The van der Waals surface area contributed by atoms with E-state index in [1.54, 1.807) is 18.6 Å². The molecule has 0 aliphatic rings. The van der Waals surface area contributed by atoms with E-state index in [1.165, 1.54) is 0 Å². The van der Waals surface area contributed by atoms with Crippen molar-refractivity contribution >= 4 is 17.3 Å². The van der Waals surface area contributed by atoms with Crippen molar-refractivity contribution in [1.29, 1.82) is 0 Å². The van der Waals surface area contributed by atoms with Crippen molar-refractivity contribution < 1.29 is 4.42 Å². The molecule has 0 atom stereocenters. The van der Waals surface area contributed by atoms with E-state index in [0.717, 1.165) is 24.2 Å². The lowest BCUT2D eigenvalue weighted by Gasteiger charge is -2.16. The van der Waals surface area contributed by atoms with Gasteiger partial charge in [-0.3, -0.25) is 4.90 Å². The highest BCUT2D eigenvalue weighted by molar-refractivity contribution is 6.31. The van der Waals surface area contributed by atoms with Crippen LogP contribution in [-0.4, -0.2) is 11.9 Å². The fourth-order valence-electron chi connectivity index (χ4n) is 1.73. The van der Waals surface area contributed by atoms with E-state index in [2.05, 4.69) is 4.90 Å². The molecule has 0 aliphatic carbocycles. The molecule has 0 fully saturated rings. The molecule has 0 radical (unpaired) electrons. The van der Waals surface area contributed by atoms with Crippen LogP contribution in [0.4, 0.5) is 5.69 Å². The topological polar surface area (TPSA) is 42.4 Å². The van der Waals surface area contributed by atoms with Gasteiger partial charge in [0.25, 0.3) is 0 Å². The van der Waals surface area contributed by atoms with Crippen molar-refractivity contribution in [3.05, 3.63) is 52.9 Å². The van der Waals surface area contributed by atoms with Crippen molar-refractivity contribution in [3.8, 4) is 0 Å². The summed E-state index contributed by atoms with van der Waals surface area (Å²) in [7, 11) is 2.04. The van der Waals surface area contributed by atoms with Crippen molar-refractivity contribution in [1.82, 2.24) is 4.90 Å². The molecular formula is C13H15ClN2O. The summed E-state index contributed by atoms with van der Waals surface area (Å²) in [6.45, 7) is 1.61. The molecule has 0 aliphatic heterocycles. The minimum absolute atomic E-state index is 0.691. The summed E-state index contributed by atoms with van der Waals surface area (Å²) in [6.07, 6.45) is 3.43. The monoisotopic (exact) mass is 250 g/mol. The van der Waals surface area contributed by atoms with Crippen LogP contribution in [0.2, 0.25) is 5.02 Å². The maximum Gasteiger partial charge on any atom is 0.0947 e. The Kier molecular flexibility index (Phi) is 3.71. The van der Waals surface area contributed by atoms with Crippen LogP contribution in [0.15, 0.2) is 41.2 Å². The van der Waals surface area contributed by atoms with Gasteiger partial charge in [0.15, 0.2) is 0 Å². The van der Waals surface area contributed by atoms with Gasteiger partial charge in [0.2, 0.25) is 0 Å². The lowest BCUT2D eigenvalue weighted by Crippen LogP contribution is -2.17. The van der Waals surface area contributed by atoms with Crippen LogP contribution in [0.3, 0.4) is 0 Å². The summed E-state index contributed by atoms with van der Waals surface area (Å²) < 4.78 is 5.04. The SMILES string of the molecule is CN(Cc1ccoc1)Cc1ccc(N)cc1Cl. The Bertz CT molecular complexity index is 482. The van der Waals surface area contributed by atoms with E-state index >= 15 is 0 Å². The number of halogens is 1. The third kappa shape index (κ3) is 3.25. The van der Waals surface area contributed by atoms with Gasteiger partial charge in [-0.1, -0.05) is 17.7 Å². The van der Waals surface area contributed by atoms with E-state index in [9.17, 15) is 0 Å². The molecule has 90 valence electrons. The molecule has 2 N–H and O–H groups in total. The van der Waals surface area contributed by atoms with Crippen LogP contribution in [0.1, 0.15) is 11.1 Å². The third-order valence-corrected chi connectivity index (χ3v) is 2.90. The van der Waals surface area contributed by atoms with Gasteiger partial charge in [-0.25, -0.2) is 0 Å². The highest BCUT2D eigenvalue weighted by Crippen LogP contribution is 2.20. The lowest BCUT2D eigenvalue weighted by molar-refractivity contribution is 0.318. The summed E-state index contributed by atoms with van der Waals surface area (Å²) in [6, 6.07) is 7.57. The van der Waals surface area contributed by atoms with E-state index in [-0.39, 0.29) is 0 Å². The number of rotatable bonds is 4. The first kappa shape index (κ1) is 12.0. The van der Waals surface area contributed by atoms with Gasteiger partial charge >= 0.3 is 0 Å². The molecule has 0 amide bonds. The number of furan rings is 1. The summed E-state index contributed by atoms with van der Waals surface area (Å²) in [4.78, 5) is 2.17. The predicted molar refractivity (Wildman–Crippen MR) is 69.7 cm³/mol. The second kappa shape index (κ2) is 5.25. The number of nitrogens with zero attached hydrogens (tertiary/aromatic N) is 1. The van der Waals surface area contributed by atoms with Crippen molar-refractivity contribution in [2.24, 2.45) is 0 Å². The third-order valence-electron chi connectivity index (χ3n) is 2.55. The summed E-state index contributed by atoms with van der Waals surface area (Å²) in [5.74, 6) is 0. The van der Waals surface area contributed by atoms with Crippen LogP contribution in [0.5, 0.6) is 0 Å². The first-order chi connectivity index (χ1) is 8.15. The average molecular weight is 251 g/mol. The molecule has 0 spiro atoms. The number of nitrogen functional groups attached to an aromatic ring is 1. The molecule has 0 bridgehead atoms. The van der Waals surface area contributed by atoms with Gasteiger partial charge in [0.1, 0.15) is 0 Å². The van der Waals surface area contributed by atoms with E-state index in [1.807, 2.05) is 25.2 Å². The molecule has 0 unspecified atom stereocenters. The number of benzene rings is 1. The standard InChI is InChI=1S/C13H15ClN2O/c1-16(7-10-4-5-17-9-10)8-11-2-3-12(15)6-13(11)14/h2-6,9H,7-8,15H2,1H3. The first-order valence-electron chi connectivity index (χ1n) is 5.38. The second-order valence-electron chi connectivity index (χ2n) is 4.15. The maximum absolute atomic E-state index is 6.13. The Labute approximate surface area is 106 Å². The minimum Gasteiger partial charge on any atom is -0.472 e. The average Bonchev–Trinajstić information content (AvgIpc) is 2.75. The molecule has 2 rings (SSSR count). The molecule has 17 heavy (non-hydrogen) atoms. The Hall–Kier alpha value is -1.45. The van der Waals surface area contributed by atoms with Crippen LogP contribution < -0.4 is 5.73 Å². The van der Waals surface area contributed by atoms with Crippen LogP contribution >= 0.6 is 11.6 Å². The molecular weight excluding hydrogens is 236 g/mol. The molecule has 1 aromatic carbocycles. The zero-order valence-electron chi connectivity index (χ0n) is 9.69. The number of hydrogen-bond donors (Lipinski definition) is 1. The molecule has 4 heteroatoms. The normalized spacial score (nSPS) is 11.0.